The Labute approximate surface area is 171 Å². The van der Waals surface area contributed by atoms with Crippen molar-refractivity contribution in [2.24, 2.45) is 0 Å². The van der Waals surface area contributed by atoms with Gasteiger partial charge in [0, 0.05) is 0 Å². The topological polar surface area (TPSA) is 87.2 Å². The molecule has 0 aromatic carbocycles. The Morgan fingerprint density at radius 2 is 1.52 bits per heavy atom. The van der Waals surface area contributed by atoms with E-state index in [1.54, 1.807) is 41.5 Å². The minimum Gasteiger partial charge on any atom is -0.483 e. The summed E-state index contributed by atoms with van der Waals surface area (Å²) < 4.78 is 21.7. The van der Waals surface area contributed by atoms with Gasteiger partial charge in [-0.2, -0.15) is 9.88 Å². The van der Waals surface area contributed by atoms with Gasteiger partial charge in [0.15, 0.2) is 5.82 Å². The van der Waals surface area contributed by atoms with Crippen LogP contribution in [-0.2, 0) is 9.47 Å². The van der Waals surface area contributed by atoms with Gasteiger partial charge in [-0.3, -0.25) is 0 Å². The number of carbonyl (C=O) groups is 2. The van der Waals surface area contributed by atoms with E-state index in [1.165, 1.54) is 0 Å². The summed E-state index contributed by atoms with van der Waals surface area (Å²) in [5.74, 6) is 0.182. The number of imide groups is 1. The van der Waals surface area contributed by atoms with Crippen molar-refractivity contribution in [1.82, 2.24) is 4.98 Å². The van der Waals surface area contributed by atoms with E-state index < -0.39 is 23.4 Å². The maximum absolute atomic E-state index is 12.7. The number of carbonyl (C=O) groups excluding carboxylic acids is 2. The van der Waals surface area contributed by atoms with Crippen LogP contribution in [0.1, 0.15) is 41.5 Å². The maximum Gasteiger partial charge on any atom is 0.425 e. The van der Waals surface area contributed by atoms with Crippen molar-refractivity contribution in [2.45, 2.75) is 52.7 Å². The van der Waals surface area contributed by atoms with E-state index in [0.717, 1.165) is 0 Å². The Kier molecular flexibility index (Phi) is 6.16. The minimum atomic E-state index is -0.960. The van der Waals surface area contributed by atoms with E-state index in [4.69, 9.17) is 30.5 Å². The fraction of sp³-hybridized carbons (Fsp3) is 0.588. The second kappa shape index (κ2) is 7.71. The number of hydrogen-bond acceptors (Lipinski definition) is 7. The van der Waals surface area contributed by atoms with E-state index in [0.29, 0.717) is 11.5 Å². The van der Waals surface area contributed by atoms with Gasteiger partial charge in [0.1, 0.15) is 29.4 Å². The van der Waals surface area contributed by atoms with Crippen LogP contribution in [0, 0.1) is 0 Å². The van der Waals surface area contributed by atoms with Gasteiger partial charge in [-0.25, -0.2) is 9.59 Å². The number of fused-ring (bicyclic) bond motifs is 1. The molecule has 8 nitrogen and oxygen atoms in total. The molecule has 0 saturated carbocycles. The lowest BCUT2D eigenvalue weighted by Gasteiger charge is -2.29. The highest BCUT2D eigenvalue weighted by Crippen LogP contribution is 2.45. The maximum atomic E-state index is 12.7. The van der Waals surface area contributed by atoms with E-state index in [-0.39, 0.29) is 33.5 Å². The molecule has 2 amide bonds. The molecule has 1 aliphatic heterocycles. The summed E-state index contributed by atoms with van der Waals surface area (Å²) in [5.41, 5.74) is -1.69. The third-order valence-corrected chi connectivity index (χ3v) is 4.26. The molecule has 0 bridgehead atoms. The number of anilines is 1. The van der Waals surface area contributed by atoms with Crippen molar-refractivity contribution in [3.8, 4) is 11.6 Å². The number of halogens is 2. The predicted molar refractivity (Wildman–Crippen MR) is 103 cm³/mol. The van der Waals surface area contributed by atoms with Crippen LogP contribution in [0.3, 0.4) is 0 Å². The van der Waals surface area contributed by atoms with Gasteiger partial charge in [0.2, 0.25) is 5.75 Å². The molecular weight excluding hydrogens is 444 g/mol. The monoisotopic (exact) mass is 464 g/mol. The van der Waals surface area contributed by atoms with Gasteiger partial charge < -0.3 is 18.9 Å². The first kappa shape index (κ1) is 21.6. The standard InChI is InChI=1S/C17H22BrClN2O6/c1-16(2,3)26-14(22)21(15(23)27-17(4,5)6)12-9(18)10(19)11-13(20-12)25-8-7-24-11/h7-8H2,1-6H3. The molecule has 1 aliphatic rings. The summed E-state index contributed by atoms with van der Waals surface area (Å²) in [4.78, 5) is 30.4. The third kappa shape index (κ3) is 5.38. The van der Waals surface area contributed by atoms with Crippen molar-refractivity contribution in [3.05, 3.63) is 9.50 Å². The summed E-state index contributed by atoms with van der Waals surface area (Å²) >= 11 is 9.58. The lowest BCUT2D eigenvalue weighted by molar-refractivity contribution is 0.0428. The lowest BCUT2D eigenvalue weighted by Crippen LogP contribution is -2.44. The molecule has 150 valence electrons. The van der Waals surface area contributed by atoms with E-state index in [2.05, 4.69) is 20.9 Å². The van der Waals surface area contributed by atoms with Gasteiger partial charge in [-0.05, 0) is 57.5 Å². The fourth-order valence-corrected chi connectivity index (χ4v) is 2.67. The summed E-state index contributed by atoms with van der Waals surface area (Å²) in [7, 11) is 0. The Bertz CT molecular complexity index is 729. The number of aromatic nitrogens is 1. The average Bonchev–Trinajstić information content (AvgIpc) is 2.48. The first-order chi connectivity index (χ1) is 12.3. The van der Waals surface area contributed by atoms with Gasteiger partial charge in [0.05, 0.1) is 4.47 Å². The zero-order valence-corrected chi connectivity index (χ0v) is 18.4. The molecule has 10 heteroatoms. The number of pyridine rings is 1. The number of amides is 2. The van der Waals surface area contributed by atoms with Crippen molar-refractivity contribution in [3.63, 3.8) is 0 Å². The molecule has 0 saturated heterocycles. The predicted octanol–water partition coefficient (Wildman–Crippen LogP) is 4.95. The van der Waals surface area contributed by atoms with E-state index in [1.807, 2.05) is 0 Å². The highest BCUT2D eigenvalue weighted by Gasteiger charge is 2.37. The van der Waals surface area contributed by atoms with E-state index in [9.17, 15) is 9.59 Å². The minimum absolute atomic E-state index is 0.0709. The van der Waals surface area contributed by atoms with Crippen LogP contribution in [0.15, 0.2) is 4.47 Å². The quantitative estimate of drug-likeness (QED) is 0.580. The second-order valence-electron chi connectivity index (χ2n) is 7.69. The summed E-state index contributed by atoms with van der Waals surface area (Å²) in [5, 5.41) is 0.117. The van der Waals surface area contributed by atoms with Crippen LogP contribution in [-0.4, -0.2) is 41.6 Å². The average molecular weight is 466 g/mol. The Morgan fingerprint density at radius 3 is 2.00 bits per heavy atom. The zero-order chi connectivity index (χ0) is 20.6. The van der Waals surface area contributed by atoms with Crippen molar-refractivity contribution >= 4 is 45.5 Å². The van der Waals surface area contributed by atoms with Crippen LogP contribution >= 0.6 is 27.5 Å². The van der Waals surface area contributed by atoms with Gasteiger partial charge >= 0.3 is 12.2 Å². The summed E-state index contributed by atoms with van der Waals surface area (Å²) in [6, 6.07) is 0. The number of hydrogen-bond donors (Lipinski definition) is 0. The molecule has 0 unspecified atom stereocenters. The summed E-state index contributed by atoms with van der Waals surface area (Å²) in [6.45, 7) is 10.6. The molecule has 1 aromatic rings. The van der Waals surface area contributed by atoms with Crippen LogP contribution in [0.5, 0.6) is 11.6 Å². The highest BCUT2D eigenvalue weighted by molar-refractivity contribution is 9.10. The molecule has 2 rings (SSSR count). The molecule has 2 heterocycles. The lowest BCUT2D eigenvalue weighted by atomic mass is 10.2. The van der Waals surface area contributed by atoms with Crippen molar-refractivity contribution in [2.75, 3.05) is 18.1 Å². The van der Waals surface area contributed by atoms with Crippen molar-refractivity contribution in [1.29, 1.82) is 0 Å². The molecule has 0 spiro atoms. The Morgan fingerprint density at radius 1 is 1.04 bits per heavy atom. The summed E-state index contributed by atoms with van der Waals surface area (Å²) in [6.07, 6.45) is -1.92. The Balaban J connectivity index is 2.54. The Hall–Kier alpha value is -1.74. The van der Waals surface area contributed by atoms with Crippen molar-refractivity contribution < 1.29 is 28.5 Å². The van der Waals surface area contributed by atoms with Gasteiger partial charge in [-0.15, -0.1) is 0 Å². The van der Waals surface area contributed by atoms with Crippen LogP contribution in [0.4, 0.5) is 15.4 Å². The molecule has 0 aliphatic carbocycles. The molecule has 27 heavy (non-hydrogen) atoms. The molecule has 0 atom stereocenters. The smallest absolute Gasteiger partial charge is 0.425 e. The van der Waals surface area contributed by atoms with Gasteiger partial charge in [0.25, 0.3) is 5.88 Å². The van der Waals surface area contributed by atoms with E-state index >= 15 is 0 Å². The SMILES string of the molecule is CC(C)(C)OC(=O)N(C(=O)OC(C)(C)C)c1nc2c(c(Cl)c1Br)OCCO2. The second-order valence-corrected chi connectivity index (χ2v) is 8.86. The molecular formula is C17H22BrClN2O6. The first-order valence-electron chi connectivity index (χ1n) is 8.21. The number of nitrogens with zero attached hydrogens (tertiary/aromatic N) is 2. The van der Waals surface area contributed by atoms with Crippen LogP contribution in [0.25, 0.3) is 0 Å². The fourth-order valence-electron chi connectivity index (χ4n) is 2.00. The van der Waals surface area contributed by atoms with Crippen LogP contribution in [0.2, 0.25) is 5.02 Å². The normalized spacial score (nSPS) is 13.8. The molecule has 0 fully saturated rings. The number of ether oxygens (including phenoxy) is 4. The molecule has 0 radical (unpaired) electrons. The molecule has 1 aromatic heterocycles. The zero-order valence-electron chi connectivity index (χ0n) is 16.0. The van der Waals surface area contributed by atoms with Gasteiger partial charge in [-0.1, -0.05) is 11.6 Å². The first-order valence-corrected chi connectivity index (χ1v) is 9.38. The third-order valence-electron chi connectivity index (χ3n) is 2.92. The highest BCUT2D eigenvalue weighted by atomic mass is 79.9. The number of rotatable bonds is 1. The molecule has 0 N–H and O–H groups in total. The largest absolute Gasteiger partial charge is 0.483 e. The van der Waals surface area contributed by atoms with Crippen LogP contribution < -0.4 is 14.4 Å².